The van der Waals surface area contributed by atoms with Crippen LogP contribution < -0.4 is 5.32 Å². The minimum absolute atomic E-state index is 0.128. The van der Waals surface area contributed by atoms with E-state index in [1.54, 1.807) is 20.9 Å². The minimum atomic E-state index is -1.03. The molecule has 0 saturated carbocycles. The number of hydrogen-bond donors (Lipinski definition) is 3. The molecule has 0 aliphatic carbocycles. The van der Waals surface area contributed by atoms with Gasteiger partial charge in [-0.15, -0.1) is 0 Å². The molecule has 18 heavy (non-hydrogen) atoms. The second kappa shape index (κ2) is 7.92. The molecule has 6 heteroatoms. The van der Waals surface area contributed by atoms with Crippen LogP contribution in [0.2, 0.25) is 0 Å². The molecule has 0 aliphatic heterocycles. The Labute approximate surface area is 108 Å². The lowest BCUT2D eigenvalue weighted by Crippen LogP contribution is -2.49. The molecule has 0 fully saturated rings. The number of rotatable bonds is 7. The summed E-state index contributed by atoms with van der Waals surface area (Å²) in [6, 6.07) is -1.31. The quantitative estimate of drug-likeness (QED) is 0.634. The van der Waals surface area contributed by atoms with Crippen LogP contribution >= 0.6 is 0 Å². The SMILES string of the molecule is CCC(C)[C@H](NC(=O)N(C)CCC(C)O)C(=O)O. The average Bonchev–Trinajstić information content (AvgIpc) is 2.30. The molecular formula is C12H24N2O4. The van der Waals surface area contributed by atoms with Crippen molar-refractivity contribution in [3.63, 3.8) is 0 Å². The first kappa shape index (κ1) is 16.7. The van der Waals surface area contributed by atoms with E-state index >= 15 is 0 Å². The van der Waals surface area contributed by atoms with E-state index in [0.29, 0.717) is 19.4 Å². The molecule has 6 nitrogen and oxygen atoms in total. The largest absolute Gasteiger partial charge is 0.480 e. The number of carbonyl (C=O) groups is 2. The summed E-state index contributed by atoms with van der Waals surface area (Å²) in [7, 11) is 1.58. The topological polar surface area (TPSA) is 89.9 Å². The van der Waals surface area contributed by atoms with Crippen LogP contribution in [-0.2, 0) is 4.79 Å². The van der Waals surface area contributed by atoms with Crippen molar-refractivity contribution in [1.82, 2.24) is 10.2 Å². The van der Waals surface area contributed by atoms with Crippen molar-refractivity contribution < 1.29 is 19.8 Å². The summed E-state index contributed by atoms with van der Waals surface area (Å²) >= 11 is 0. The molecule has 0 aromatic heterocycles. The van der Waals surface area contributed by atoms with Gasteiger partial charge in [0.15, 0.2) is 0 Å². The molecule has 0 aromatic carbocycles. The number of carbonyl (C=O) groups excluding carboxylic acids is 1. The Bertz CT molecular complexity index is 281. The Hall–Kier alpha value is -1.30. The third-order valence-corrected chi connectivity index (χ3v) is 2.99. The van der Waals surface area contributed by atoms with E-state index in [2.05, 4.69) is 5.32 Å². The smallest absolute Gasteiger partial charge is 0.326 e. The molecule has 0 heterocycles. The number of aliphatic hydroxyl groups excluding tert-OH is 1. The lowest BCUT2D eigenvalue weighted by molar-refractivity contribution is -0.140. The number of hydrogen-bond acceptors (Lipinski definition) is 3. The van der Waals surface area contributed by atoms with Crippen LogP contribution in [0.5, 0.6) is 0 Å². The van der Waals surface area contributed by atoms with E-state index in [4.69, 9.17) is 10.2 Å². The molecule has 0 rings (SSSR count). The minimum Gasteiger partial charge on any atom is -0.480 e. The van der Waals surface area contributed by atoms with Crippen molar-refractivity contribution in [3.8, 4) is 0 Å². The standard InChI is InChI=1S/C12H24N2O4/c1-5-8(2)10(11(16)17)13-12(18)14(4)7-6-9(3)15/h8-10,15H,5-7H2,1-4H3,(H,13,18)(H,16,17)/t8?,9?,10-/m0/s1. The van der Waals surface area contributed by atoms with Crippen molar-refractivity contribution in [2.75, 3.05) is 13.6 Å². The molecule has 0 radical (unpaired) electrons. The monoisotopic (exact) mass is 260 g/mol. The fraction of sp³-hybridized carbons (Fsp3) is 0.833. The third-order valence-electron chi connectivity index (χ3n) is 2.99. The summed E-state index contributed by atoms with van der Waals surface area (Å²) in [5.41, 5.74) is 0. The number of nitrogens with one attached hydrogen (secondary N) is 1. The fourth-order valence-electron chi connectivity index (χ4n) is 1.41. The summed E-state index contributed by atoms with van der Waals surface area (Å²) in [5, 5.41) is 20.7. The van der Waals surface area contributed by atoms with E-state index in [1.807, 2.05) is 6.92 Å². The van der Waals surface area contributed by atoms with Gasteiger partial charge in [-0.1, -0.05) is 20.3 Å². The molecule has 0 aliphatic rings. The van der Waals surface area contributed by atoms with Crippen LogP contribution in [0.3, 0.4) is 0 Å². The van der Waals surface area contributed by atoms with Gasteiger partial charge in [0.2, 0.25) is 0 Å². The Morgan fingerprint density at radius 1 is 1.33 bits per heavy atom. The molecule has 106 valence electrons. The van der Waals surface area contributed by atoms with Crippen LogP contribution in [0.25, 0.3) is 0 Å². The zero-order valence-electron chi connectivity index (χ0n) is 11.5. The number of aliphatic hydroxyl groups is 1. The number of carboxylic acids is 1. The molecular weight excluding hydrogens is 236 g/mol. The van der Waals surface area contributed by atoms with Gasteiger partial charge >= 0.3 is 12.0 Å². The highest BCUT2D eigenvalue weighted by molar-refractivity contribution is 5.82. The van der Waals surface area contributed by atoms with E-state index in [0.717, 1.165) is 0 Å². The number of carboxylic acid groups (broad SMARTS) is 1. The van der Waals surface area contributed by atoms with Crippen molar-refractivity contribution in [3.05, 3.63) is 0 Å². The van der Waals surface area contributed by atoms with Gasteiger partial charge in [-0.25, -0.2) is 9.59 Å². The molecule has 2 unspecified atom stereocenters. The second-order valence-electron chi connectivity index (χ2n) is 4.71. The summed E-state index contributed by atoms with van der Waals surface area (Å²) in [5.74, 6) is -1.15. The summed E-state index contributed by atoms with van der Waals surface area (Å²) < 4.78 is 0. The van der Waals surface area contributed by atoms with Crippen LogP contribution in [0.1, 0.15) is 33.6 Å². The fourth-order valence-corrected chi connectivity index (χ4v) is 1.41. The first-order valence-corrected chi connectivity index (χ1v) is 6.22. The molecule has 0 saturated heterocycles. The van der Waals surface area contributed by atoms with Gasteiger partial charge in [0.05, 0.1) is 6.10 Å². The van der Waals surface area contributed by atoms with Gasteiger partial charge in [0.1, 0.15) is 6.04 Å². The predicted octanol–water partition coefficient (Wildman–Crippen LogP) is 0.898. The first-order valence-electron chi connectivity index (χ1n) is 6.22. The maximum Gasteiger partial charge on any atom is 0.326 e. The van der Waals surface area contributed by atoms with E-state index in [-0.39, 0.29) is 5.92 Å². The average molecular weight is 260 g/mol. The van der Waals surface area contributed by atoms with Gasteiger partial charge in [0.25, 0.3) is 0 Å². The van der Waals surface area contributed by atoms with Crippen LogP contribution in [-0.4, -0.2) is 52.9 Å². The van der Waals surface area contributed by atoms with Crippen molar-refractivity contribution in [1.29, 1.82) is 0 Å². The molecule has 3 atom stereocenters. The maximum absolute atomic E-state index is 11.8. The lowest BCUT2D eigenvalue weighted by Gasteiger charge is -2.24. The first-order chi connectivity index (χ1) is 8.29. The second-order valence-corrected chi connectivity index (χ2v) is 4.71. The molecule has 0 aromatic rings. The number of aliphatic carboxylic acids is 1. The highest BCUT2D eigenvalue weighted by Crippen LogP contribution is 2.08. The van der Waals surface area contributed by atoms with Gasteiger partial charge in [0, 0.05) is 13.6 Å². The summed E-state index contributed by atoms with van der Waals surface area (Å²) in [4.78, 5) is 24.2. The van der Waals surface area contributed by atoms with E-state index in [9.17, 15) is 9.59 Å². The Morgan fingerprint density at radius 2 is 1.89 bits per heavy atom. The van der Waals surface area contributed by atoms with Gasteiger partial charge in [-0.2, -0.15) is 0 Å². The third kappa shape index (κ3) is 5.86. The molecule has 3 N–H and O–H groups in total. The molecule has 0 spiro atoms. The predicted molar refractivity (Wildman–Crippen MR) is 68.3 cm³/mol. The summed E-state index contributed by atoms with van der Waals surface area (Å²) in [6.45, 7) is 5.69. The van der Waals surface area contributed by atoms with Crippen molar-refractivity contribution >= 4 is 12.0 Å². The van der Waals surface area contributed by atoms with Gasteiger partial charge in [-0.05, 0) is 19.3 Å². The number of nitrogens with zero attached hydrogens (tertiary/aromatic N) is 1. The molecule has 0 bridgehead atoms. The Kier molecular flexibility index (Phi) is 7.35. The van der Waals surface area contributed by atoms with E-state index in [1.165, 1.54) is 4.90 Å². The zero-order valence-corrected chi connectivity index (χ0v) is 11.5. The highest BCUT2D eigenvalue weighted by Gasteiger charge is 2.26. The number of amides is 2. The number of urea groups is 1. The van der Waals surface area contributed by atoms with Crippen LogP contribution in [0, 0.1) is 5.92 Å². The van der Waals surface area contributed by atoms with Gasteiger partial charge in [-0.3, -0.25) is 0 Å². The Morgan fingerprint density at radius 3 is 2.28 bits per heavy atom. The summed E-state index contributed by atoms with van der Waals surface area (Å²) in [6.07, 6.45) is 0.657. The lowest BCUT2D eigenvalue weighted by atomic mass is 9.99. The van der Waals surface area contributed by atoms with Crippen LogP contribution in [0.15, 0.2) is 0 Å². The normalized spacial score (nSPS) is 15.6. The molecule has 2 amide bonds. The van der Waals surface area contributed by atoms with Gasteiger partial charge < -0.3 is 20.4 Å². The highest BCUT2D eigenvalue weighted by atomic mass is 16.4. The maximum atomic E-state index is 11.8. The Balaban J connectivity index is 4.37. The van der Waals surface area contributed by atoms with Crippen LogP contribution in [0.4, 0.5) is 4.79 Å². The van der Waals surface area contributed by atoms with Crippen molar-refractivity contribution in [2.45, 2.75) is 45.8 Å². The van der Waals surface area contributed by atoms with E-state index < -0.39 is 24.1 Å². The van der Waals surface area contributed by atoms with Crippen molar-refractivity contribution in [2.24, 2.45) is 5.92 Å². The zero-order chi connectivity index (χ0) is 14.3.